The zero-order valence-corrected chi connectivity index (χ0v) is 13.4. The molecule has 116 valence electrons. The molecular weight excluding hydrogens is 329 g/mol. The minimum atomic E-state index is -1.09. The Morgan fingerprint density at radius 3 is 2.23 bits per heavy atom. The average molecular weight is 342 g/mol. The highest BCUT2D eigenvalue weighted by molar-refractivity contribution is 6.42. The van der Waals surface area contributed by atoms with Gasteiger partial charge in [-0.3, -0.25) is 24.4 Å². The van der Waals surface area contributed by atoms with Gasteiger partial charge in [0, 0.05) is 20.3 Å². The fourth-order valence-electron chi connectivity index (χ4n) is 1.97. The minimum Gasteiger partial charge on any atom is -0.291 e. The number of halogens is 2. The maximum atomic E-state index is 12.0. The van der Waals surface area contributed by atoms with E-state index in [1.807, 2.05) is 0 Å². The number of hydrogen-bond acceptors (Lipinski definition) is 4. The summed E-state index contributed by atoms with van der Waals surface area (Å²) in [5.41, 5.74) is 0.791. The van der Waals surface area contributed by atoms with Crippen molar-refractivity contribution in [2.45, 2.75) is 6.54 Å². The third kappa shape index (κ3) is 3.13. The Kier molecular flexibility index (Phi) is 4.83. The van der Waals surface area contributed by atoms with Crippen LogP contribution in [0.5, 0.6) is 0 Å². The van der Waals surface area contributed by atoms with Crippen LogP contribution in [0.15, 0.2) is 23.2 Å². The molecule has 0 spiro atoms. The fourth-order valence-corrected chi connectivity index (χ4v) is 2.29. The molecule has 1 aromatic rings. The van der Waals surface area contributed by atoms with Gasteiger partial charge in [-0.25, -0.2) is 4.79 Å². The number of barbiturate groups is 1. The third-order valence-electron chi connectivity index (χ3n) is 3.28. The van der Waals surface area contributed by atoms with E-state index in [0.29, 0.717) is 10.0 Å². The van der Waals surface area contributed by atoms with E-state index < -0.39 is 23.8 Å². The Balaban J connectivity index is 2.11. The molecule has 0 radical (unpaired) electrons. The van der Waals surface area contributed by atoms with Crippen molar-refractivity contribution in [3.63, 3.8) is 0 Å². The number of amides is 4. The lowest BCUT2D eigenvalue weighted by Gasteiger charge is -2.31. The molecule has 6 nitrogen and oxygen atoms in total. The van der Waals surface area contributed by atoms with Gasteiger partial charge in [0.2, 0.25) is 11.8 Å². The predicted molar refractivity (Wildman–Crippen MR) is 83.1 cm³/mol. The Morgan fingerprint density at radius 1 is 1.09 bits per heavy atom. The number of carbonyl (C=O) groups excluding carboxylic acids is 3. The first-order valence-corrected chi connectivity index (χ1v) is 7.11. The molecular formula is C14H13Cl2N3O3. The van der Waals surface area contributed by atoms with Crippen LogP contribution in [0.1, 0.15) is 5.56 Å². The van der Waals surface area contributed by atoms with Crippen LogP contribution in [0.4, 0.5) is 4.79 Å². The second kappa shape index (κ2) is 6.46. The first kappa shape index (κ1) is 16.5. The van der Waals surface area contributed by atoms with Gasteiger partial charge in [-0.1, -0.05) is 29.3 Å². The summed E-state index contributed by atoms with van der Waals surface area (Å²) < 4.78 is 0. The molecule has 0 aliphatic carbocycles. The number of aliphatic imine (C=N–C) groups is 1. The van der Waals surface area contributed by atoms with E-state index in [1.165, 1.54) is 20.3 Å². The molecule has 8 heteroatoms. The molecule has 0 atom stereocenters. The summed E-state index contributed by atoms with van der Waals surface area (Å²) in [6.45, 7) is 0.245. The van der Waals surface area contributed by atoms with Gasteiger partial charge in [0.05, 0.1) is 16.6 Å². The van der Waals surface area contributed by atoms with Crippen LogP contribution in [0.25, 0.3) is 0 Å². The van der Waals surface area contributed by atoms with Crippen molar-refractivity contribution in [1.82, 2.24) is 9.80 Å². The third-order valence-corrected chi connectivity index (χ3v) is 4.02. The minimum absolute atomic E-state index is 0.245. The van der Waals surface area contributed by atoms with Gasteiger partial charge < -0.3 is 0 Å². The lowest BCUT2D eigenvalue weighted by atomic mass is 10.1. The first-order valence-electron chi connectivity index (χ1n) is 6.36. The van der Waals surface area contributed by atoms with Crippen LogP contribution >= 0.6 is 23.2 Å². The van der Waals surface area contributed by atoms with Gasteiger partial charge >= 0.3 is 6.03 Å². The average Bonchev–Trinajstić information content (AvgIpc) is 2.50. The number of benzene rings is 1. The fraction of sp³-hybridized carbons (Fsp3) is 0.286. The molecule has 22 heavy (non-hydrogen) atoms. The smallest absolute Gasteiger partial charge is 0.291 e. The molecule has 4 amide bonds. The van der Waals surface area contributed by atoms with Gasteiger partial charge in [-0.2, -0.15) is 0 Å². The maximum Gasteiger partial charge on any atom is 0.332 e. The van der Waals surface area contributed by atoms with Crippen LogP contribution in [-0.4, -0.2) is 48.0 Å². The lowest BCUT2D eigenvalue weighted by Crippen LogP contribution is -2.57. The molecule has 0 unspecified atom stereocenters. The van der Waals surface area contributed by atoms with Crippen LogP contribution in [0.2, 0.25) is 10.0 Å². The largest absolute Gasteiger partial charge is 0.332 e. The summed E-state index contributed by atoms with van der Waals surface area (Å²) in [4.78, 5) is 41.4. The summed E-state index contributed by atoms with van der Waals surface area (Å²) >= 11 is 11.7. The number of imide groups is 2. The summed E-state index contributed by atoms with van der Waals surface area (Å²) in [6.07, 6.45) is 1.26. The van der Waals surface area contributed by atoms with E-state index in [0.717, 1.165) is 15.4 Å². The normalized spacial score (nSPS) is 17.0. The Hall–Kier alpha value is -1.92. The SMILES string of the molecule is CN1C(=O)C(C=NCc2ccc(Cl)c(Cl)c2)C(=O)N(C)C1=O. The Labute approximate surface area is 137 Å². The van der Waals surface area contributed by atoms with E-state index in [9.17, 15) is 14.4 Å². The molecule has 1 aromatic carbocycles. The molecule has 0 N–H and O–H groups in total. The molecule has 1 saturated heterocycles. The molecule has 0 aromatic heterocycles. The van der Waals surface area contributed by atoms with E-state index in [-0.39, 0.29) is 6.54 Å². The van der Waals surface area contributed by atoms with Crippen LogP contribution in [0, 0.1) is 5.92 Å². The summed E-state index contributed by atoms with van der Waals surface area (Å²) in [5.74, 6) is -2.27. The van der Waals surface area contributed by atoms with Gasteiger partial charge in [-0.15, -0.1) is 0 Å². The maximum absolute atomic E-state index is 12.0. The Bertz CT molecular complexity index is 651. The van der Waals surface area contributed by atoms with E-state index in [4.69, 9.17) is 23.2 Å². The first-order chi connectivity index (χ1) is 10.3. The summed E-state index contributed by atoms with van der Waals surface area (Å²) in [6, 6.07) is 4.40. The number of rotatable bonds is 3. The van der Waals surface area contributed by atoms with Crippen LogP contribution < -0.4 is 0 Å². The van der Waals surface area contributed by atoms with Crippen molar-refractivity contribution in [3.05, 3.63) is 33.8 Å². The van der Waals surface area contributed by atoms with Crippen molar-refractivity contribution < 1.29 is 14.4 Å². The van der Waals surface area contributed by atoms with E-state index in [2.05, 4.69) is 4.99 Å². The standard InChI is InChI=1S/C14H13Cl2N3O3/c1-18-12(20)9(13(21)19(2)14(18)22)7-17-6-8-3-4-10(15)11(16)5-8/h3-5,7,9H,6H2,1-2H3. The van der Waals surface area contributed by atoms with Crippen molar-refractivity contribution in [1.29, 1.82) is 0 Å². The molecule has 2 rings (SSSR count). The monoisotopic (exact) mass is 341 g/mol. The second-order valence-corrected chi connectivity index (χ2v) is 5.61. The van der Waals surface area contributed by atoms with Gasteiger partial charge in [0.1, 0.15) is 0 Å². The molecule has 1 fully saturated rings. The molecule has 0 saturated carbocycles. The zero-order chi connectivity index (χ0) is 16.4. The molecule has 1 heterocycles. The summed E-state index contributed by atoms with van der Waals surface area (Å²) in [7, 11) is 2.65. The van der Waals surface area contributed by atoms with Gasteiger partial charge in [-0.05, 0) is 17.7 Å². The van der Waals surface area contributed by atoms with Crippen molar-refractivity contribution in [3.8, 4) is 0 Å². The lowest BCUT2D eigenvalue weighted by molar-refractivity contribution is -0.144. The van der Waals surface area contributed by atoms with Crippen molar-refractivity contribution in [2.75, 3.05) is 14.1 Å². The van der Waals surface area contributed by atoms with Gasteiger partial charge in [0.25, 0.3) is 0 Å². The number of nitrogens with zero attached hydrogens (tertiary/aromatic N) is 3. The highest BCUT2D eigenvalue weighted by atomic mass is 35.5. The molecule has 1 aliphatic rings. The van der Waals surface area contributed by atoms with Crippen molar-refractivity contribution >= 4 is 47.3 Å². The second-order valence-electron chi connectivity index (χ2n) is 4.79. The van der Waals surface area contributed by atoms with E-state index >= 15 is 0 Å². The molecule has 1 aliphatic heterocycles. The number of urea groups is 1. The van der Waals surface area contributed by atoms with Crippen molar-refractivity contribution in [2.24, 2.45) is 10.9 Å². The summed E-state index contributed by atoms with van der Waals surface area (Å²) in [5, 5.41) is 0.845. The highest BCUT2D eigenvalue weighted by Crippen LogP contribution is 2.23. The van der Waals surface area contributed by atoms with Crippen LogP contribution in [-0.2, 0) is 16.1 Å². The van der Waals surface area contributed by atoms with E-state index in [1.54, 1.807) is 18.2 Å². The molecule has 0 bridgehead atoms. The van der Waals surface area contributed by atoms with Gasteiger partial charge in [0.15, 0.2) is 5.92 Å². The predicted octanol–water partition coefficient (Wildman–Crippen LogP) is 2.23. The number of hydrogen-bond donors (Lipinski definition) is 0. The topological polar surface area (TPSA) is 70.1 Å². The zero-order valence-electron chi connectivity index (χ0n) is 11.9. The van der Waals surface area contributed by atoms with Crippen LogP contribution in [0.3, 0.4) is 0 Å². The quantitative estimate of drug-likeness (QED) is 0.625. The number of carbonyl (C=O) groups is 3. The Morgan fingerprint density at radius 2 is 1.68 bits per heavy atom. The highest BCUT2D eigenvalue weighted by Gasteiger charge is 2.41.